The maximum absolute atomic E-state index is 13.6. The van der Waals surface area contributed by atoms with Crippen LogP contribution in [0.4, 0.5) is 4.39 Å². The van der Waals surface area contributed by atoms with Crippen molar-refractivity contribution in [3.05, 3.63) is 34.1 Å². The largest absolute Gasteiger partial charge is 0.316 e. The molecular formula is C16H23BrFN. The molecule has 0 bridgehead atoms. The predicted octanol–water partition coefficient (Wildman–Crippen LogP) is 4.55. The zero-order valence-corrected chi connectivity index (χ0v) is 13.3. The molecular weight excluding hydrogens is 305 g/mol. The molecule has 1 saturated carbocycles. The van der Waals surface area contributed by atoms with Crippen molar-refractivity contribution in [2.45, 2.75) is 45.1 Å². The molecule has 3 atom stereocenters. The first kappa shape index (κ1) is 15.0. The summed E-state index contributed by atoms with van der Waals surface area (Å²) in [6, 6.07) is 5.76. The van der Waals surface area contributed by atoms with Crippen LogP contribution < -0.4 is 5.32 Å². The van der Waals surface area contributed by atoms with Crippen LogP contribution in [0.2, 0.25) is 0 Å². The zero-order chi connectivity index (χ0) is 13.8. The average molecular weight is 328 g/mol. The topological polar surface area (TPSA) is 12.0 Å². The van der Waals surface area contributed by atoms with Crippen LogP contribution >= 0.6 is 15.9 Å². The Kier molecular flexibility index (Phi) is 5.40. The Morgan fingerprint density at radius 3 is 2.89 bits per heavy atom. The van der Waals surface area contributed by atoms with Crippen molar-refractivity contribution in [2.75, 3.05) is 7.05 Å². The monoisotopic (exact) mass is 327 g/mol. The van der Waals surface area contributed by atoms with Crippen LogP contribution in [0, 0.1) is 17.7 Å². The van der Waals surface area contributed by atoms with Crippen molar-refractivity contribution < 1.29 is 4.39 Å². The molecule has 1 fully saturated rings. The van der Waals surface area contributed by atoms with Crippen molar-refractivity contribution >= 4 is 15.9 Å². The average Bonchev–Trinajstić information content (AvgIpc) is 2.40. The summed E-state index contributed by atoms with van der Waals surface area (Å²) >= 11 is 3.37. The highest BCUT2D eigenvalue weighted by atomic mass is 79.9. The number of likely N-dealkylation sites (N-methyl/N-ethyl adjacent to an activating group) is 1. The first-order valence-corrected chi connectivity index (χ1v) is 8.01. The van der Waals surface area contributed by atoms with Gasteiger partial charge in [-0.15, -0.1) is 0 Å². The first-order chi connectivity index (χ1) is 9.11. The van der Waals surface area contributed by atoms with E-state index in [2.05, 4.69) is 28.2 Å². The van der Waals surface area contributed by atoms with E-state index in [-0.39, 0.29) is 5.82 Å². The predicted molar refractivity (Wildman–Crippen MR) is 81.8 cm³/mol. The molecule has 0 radical (unpaired) electrons. The highest BCUT2D eigenvalue weighted by molar-refractivity contribution is 9.10. The first-order valence-electron chi connectivity index (χ1n) is 7.22. The van der Waals surface area contributed by atoms with Crippen LogP contribution in [-0.2, 0) is 6.42 Å². The molecule has 1 aromatic carbocycles. The van der Waals surface area contributed by atoms with Crippen LogP contribution in [0.15, 0.2) is 22.7 Å². The molecule has 106 valence electrons. The second-order valence-corrected chi connectivity index (χ2v) is 6.64. The van der Waals surface area contributed by atoms with Gasteiger partial charge in [-0.3, -0.25) is 0 Å². The minimum absolute atomic E-state index is 0.163. The lowest BCUT2D eigenvalue weighted by atomic mass is 9.77. The highest BCUT2D eigenvalue weighted by Crippen LogP contribution is 2.33. The molecule has 1 nitrogen and oxygen atoms in total. The molecule has 2 rings (SSSR count). The normalized spacial score (nSPS) is 25.3. The summed E-state index contributed by atoms with van der Waals surface area (Å²) < 4.78 is 14.2. The van der Waals surface area contributed by atoms with E-state index in [9.17, 15) is 4.39 Å². The van der Waals surface area contributed by atoms with Gasteiger partial charge in [0.25, 0.3) is 0 Å². The minimum Gasteiger partial charge on any atom is -0.316 e. The van der Waals surface area contributed by atoms with Crippen molar-refractivity contribution in [3.63, 3.8) is 0 Å². The van der Waals surface area contributed by atoms with Gasteiger partial charge in [-0.05, 0) is 65.7 Å². The van der Waals surface area contributed by atoms with E-state index >= 15 is 0 Å². The van der Waals surface area contributed by atoms with Gasteiger partial charge < -0.3 is 5.32 Å². The number of rotatable bonds is 4. The molecule has 0 amide bonds. The smallest absolute Gasteiger partial charge is 0.137 e. The van der Waals surface area contributed by atoms with Gasteiger partial charge in [0.15, 0.2) is 0 Å². The van der Waals surface area contributed by atoms with Crippen LogP contribution in [0.1, 0.15) is 38.2 Å². The van der Waals surface area contributed by atoms with Gasteiger partial charge >= 0.3 is 0 Å². The van der Waals surface area contributed by atoms with Crippen molar-refractivity contribution in [1.29, 1.82) is 0 Å². The summed E-state index contributed by atoms with van der Waals surface area (Å²) in [5.74, 6) is 1.37. The summed E-state index contributed by atoms with van der Waals surface area (Å²) in [6.45, 7) is 2.34. The lowest BCUT2D eigenvalue weighted by Crippen LogP contribution is -2.38. The molecule has 1 aliphatic carbocycles. The van der Waals surface area contributed by atoms with Gasteiger partial charge in [-0.25, -0.2) is 4.39 Å². The van der Waals surface area contributed by atoms with Crippen molar-refractivity contribution in [1.82, 2.24) is 5.32 Å². The van der Waals surface area contributed by atoms with E-state index in [1.54, 1.807) is 6.07 Å². The van der Waals surface area contributed by atoms with E-state index in [4.69, 9.17) is 0 Å². The van der Waals surface area contributed by atoms with Gasteiger partial charge in [0, 0.05) is 6.04 Å². The molecule has 1 aromatic rings. The lowest BCUT2D eigenvalue weighted by Gasteiger charge is -2.33. The summed E-state index contributed by atoms with van der Waals surface area (Å²) in [4.78, 5) is 0. The van der Waals surface area contributed by atoms with Crippen LogP contribution in [0.3, 0.4) is 0 Å². The summed E-state index contributed by atoms with van der Waals surface area (Å²) in [7, 11) is 2.02. The van der Waals surface area contributed by atoms with E-state index in [1.807, 2.05) is 13.1 Å². The van der Waals surface area contributed by atoms with Gasteiger partial charge in [0.05, 0.1) is 4.47 Å². The summed E-state index contributed by atoms with van der Waals surface area (Å²) in [6.07, 6.45) is 6.17. The fourth-order valence-corrected chi connectivity index (χ4v) is 3.72. The molecule has 1 N–H and O–H groups in total. The van der Waals surface area contributed by atoms with Crippen molar-refractivity contribution in [2.24, 2.45) is 11.8 Å². The molecule has 1 aliphatic rings. The van der Waals surface area contributed by atoms with Crippen LogP contribution in [0.25, 0.3) is 0 Å². The van der Waals surface area contributed by atoms with Gasteiger partial charge in [-0.2, -0.15) is 0 Å². The Morgan fingerprint density at radius 1 is 1.42 bits per heavy atom. The second-order valence-electron chi connectivity index (χ2n) is 5.84. The third-order valence-electron chi connectivity index (χ3n) is 4.39. The molecule has 19 heavy (non-hydrogen) atoms. The Bertz CT molecular complexity index is 421. The molecule has 0 heterocycles. The SMILES string of the molecule is CNC(Cc1cccc(F)c1Br)C1CCCC(C)C1. The standard InChI is InChI=1S/C16H23BrFN/c1-11-5-3-6-12(9-11)15(19-2)10-13-7-4-8-14(18)16(13)17/h4,7-8,11-12,15,19H,3,5-6,9-10H2,1-2H3. The molecule has 3 unspecified atom stereocenters. The van der Waals surface area contributed by atoms with E-state index < -0.39 is 0 Å². The number of hydrogen-bond acceptors (Lipinski definition) is 1. The molecule has 0 saturated heterocycles. The van der Waals surface area contributed by atoms with Crippen LogP contribution in [0.5, 0.6) is 0 Å². The number of nitrogens with one attached hydrogen (secondary N) is 1. The minimum atomic E-state index is -0.163. The maximum atomic E-state index is 13.6. The third kappa shape index (κ3) is 3.79. The van der Waals surface area contributed by atoms with Crippen LogP contribution in [-0.4, -0.2) is 13.1 Å². The zero-order valence-electron chi connectivity index (χ0n) is 11.8. The van der Waals surface area contributed by atoms with E-state index in [0.29, 0.717) is 16.4 Å². The molecule has 0 aromatic heterocycles. The van der Waals surface area contributed by atoms with Gasteiger partial charge in [-0.1, -0.05) is 31.9 Å². The second kappa shape index (κ2) is 6.85. The van der Waals surface area contributed by atoms with E-state index in [1.165, 1.54) is 31.7 Å². The van der Waals surface area contributed by atoms with Crippen molar-refractivity contribution in [3.8, 4) is 0 Å². The molecule has 0 spiro atoms. The fourth-order valence-electron chi connectivity index (χ4n) is 3.29. The highest BCUT2D eigenvalue weighted by Gasteiger charge is 2.26. The Labute approximate surface area is 124 Å². The molecule has 3 heteroatoms. The van der Waals surface area contributed by atoms with E-state index in [0.717, 1.165) is 17.9 Å². The fraction of sp³-hybridized carbons (Fsp3) is 0.625. The third-order valence-corrected chi connectivity index (χ3v) is 5.28. The number of halogens is 2. The Hall–Kier alpha value is -0.410. The number of benzene rings is 1. The molecule has 0 aliphatic heterocycles. The summed E-state index contributed by atoms with van der Waals surface area (Å²) in [5, 5.41) is 3.44. The number of hydrogen-bond donors (Lipinski definition) is 1. The summed E-state index contributed by atoms with van der Waals surface area (Å²) in [5.41, 5.74) is 1.07. The quantitative estimate of drug-likeness (QED) is 0.855. The Balaban J connectivity index is 2.08. The Morgan fingerprint density at radius 2 is 2.21 bits per heavy atom. The van der Waals surface area contributed by atoms with Gasteiger partial charge in [0.2, 0.25) is 0 Å². The van der Waals surface area contributed by atoms with Gasteiger partial charge in [0.1, 0.15) is 5.82 Å². The lowest BCUT2D eigenvalue weighted by molar-refractivity contribution is 0.227. The maximum Gasteiger partial charge on any atom is 0.137 e.